The van der Waals surface area contributed by atoms with Crippen LogP contribution in [0.25, 0.3) is 5.76 Å². The SMILES string of the molecule is COC(=O)c1ccc(C2C(=C(O)c3ccncc3)C(=O)C(=O)N2Cc2cccnc2)cc1. The van der Waals surface area contributed by atoms with Crippen LogP contribution in [0.5, 0.6) is 0 Å². The third kappa shape index (κ3) is 3.85. The number of aromatic nitrogens is 2. The predicted molar refractivity (Wildman–Crippen MR) is 114 cm³/mol. The molecule has 1 N–H and O–H groups in total. The van der Waals surface area contributed by atoms with Crippen molar-refractivity contribution in [3.05, 3.63) is 101 Å². The smallest absolute Gasteiger partial charge is 0.337 e. The highest BCUT2D eigenvalue weighted by Gasteiger charge is 2.46. The minimum Gasteiger partial charge on any atom is -0.507 e. The van der Waals surface area contributed by atoms with Gasteiger partial charge in [-0.1, -0.05) is 18.2 Å². The molecule has 160 valence electrons. The summed E-state index contributed by atoms with van der Waals surface area (Å²) in [6.07, 6.45) is 6.20. The molecule has 1 aliphatic heterocycles. The Labute approximate surface area is 183 Å². The van der Waals surface area contributed by atoms with Gasteiger partial charge in [-0.25, -0.2) is 4.79 Å². The van der Waals surface area contributed by atoms with Crippen LogP contribution in [0.3, 0.4) is 0 Å². The fourth-order valence-electron chi connectivity index (χ4n) is 3.66. The number of pyridine rings is 2. The van der Waals surface area contributed by atoms with E-state index in [9.17, 15) is 19.5 Å². The summed E-state index contributed by atoms with van der Waals surface area (Å²) in [5, 5.41) is 11.0. The highest BCUT2D eigenvalue weighted by Crippen LogP contribution is 2.40. The van der Waals surface area contributed by atoms with Crippen LogP contribution in [-0.2, 0) is 20.9 Å². The van der Waals surface area contributed by atoms with E-state index in [4.69, 9.17) is 4.74 Å². The average Bonchev–Trinajstić information content (AvgIpc) is 3.09. The molecule has 0 aliphatic carbocycles. The van der Waals surface area contributed by atoms with Crippen molar-refractivity contribution in [3.8, 4) is 0 Å². The largest absolute Gasteiger partial charge is 0.507 e. The number of hydrogen-bond acceptors (Lipinski definition) is 7. The van der Waals surface area contributed by atoms with Gasteiger partial charge in [-0.15, -0.1) is 0 Å². The van der Waals surface area contributed by atoms with E-state index in [2.05, 4.69) is 9.97 Å². The summed E-state index contributed by atoms with van der Waals surface area (Å²) >= 11 is 0. The summed E-state index contributed by atoms with van der Waals surface area (Å²) in [4.78, 5) is 47.2. The monoisotopic (exact) mass is 429 g/mol. The number of aliphatic hydroxyl groups is 1. The predicted octanol–water partition coefficient (Wildman–Crippen LogP) is 2.89. The molecular weight excluding hydrogens is 410 g/mol. The van der Waals surface area contributed by atoms with Crippen LogP contribution < -0.4 is 0 Å². The molecule has 8 heteroatoms. The standard InChI is InChI=1S/C24H19N3O5/c1-32-24(31)18-6-4-16(5-7-18)20-19(21(28)17-8-11-25-12-9-17)22(29)23(30)27(20)14-15-3-2-10-26-13-15/h2-13,20,28H,14H2,1H3. The molecule has 1 unspecified atom stereocenters. The summed E-state index contributed by atoms with van der Waals surface area (Å²) in [6, 6.07) is 12.2. The van der Waals surface area contributed by atoms with E-state index in [1.807, 2.05) is 0 Å². The van der Waals surface area contributed by atoms with Crippen molar-refractivity contribution < 1.29 is 24.2 Å². The third-order valence-corrected chi connectivity index (χ3v) is 5.22. The number of likely N-dealkylation sites (tertiary alicyclic amines) is 1. The normalized spacial score (nSPS) is 17.4. The van der Waals surface area contributed by atoms with Gasteiger partial charge in [0.2, 0.25) is 0 Å². The van der Waals surface area contributed by atoms with E-state index in [0.717, 1.165) is 5.56 Å². The zero-order chi connectivity index (χ0) is 22.7. The van der Waals surface area contributed by atoms with Gasteiger partial charge in [-0.2, -0.15) is 0 Å². The van der Waals surface area contributed by atoms with Crippen molar-refractivity contribution in [3.63, 3.8) is 0 Å². The zero-order valence-corrected chi connectivity index (χ0v) is 17.1. The number of Topliss-reactive ketones (excluding diaryl/α,β-unsaturated/α-hetero) is 1. The van der Waals surface area contributed by atoms with Gasteiger partial charge in [0.1, 0.15) is 5.76 Å². The number of hydrogen-bond donors (Lipinski definition) is 1. The Balaban J connectivity index is 1.84. The van der Waals surface area contributed by atoms with Crippen molar-refractivity contribution in [2.75, 3.05) is 7.11 Å². The zero-order valence-electron chi connectivity index (χ0n) is 17.1. The maximum Gasteiger partial charge on any atom is 0.337 e. The molecule has 0 saturated carbocycles. The summed E-state index contributed by atoms with van der Waals surface area (Å²) in [7, 11) is 1.29. The fraction of sp³-hybridized carbons (Fsp3) is 0.125. The lowest BCUT2D eigenvalue weighted by Gasteiger charge is -2.25. The van der Waals surface area contributed by atoms with E-state index >= 15 is 0 Å². The number of ketones is 1. The Morgan fingerprint density at radius 2 is 1.72 bits per heavy atom. The highest BCUT2D eigenvalue weighted by molar-refractivity contribution is 6.46. The second-order valence-electron chi connectivity index (χ2n) is 7.14. The first-order valence-electron chi connectivity index (χ1n) is 9.77. The Kier molecular flexibility index (Phi) is 5.76. The van der Waals surface area contributed by atoms with Crippen LogP contribution in [0.4, 0.5) is 0 Å². The van der Waals surface area contributed by atoms with E-state index < -0.39 is 23.7 Å². The minimum absolute atomic E-state index is 0.0316. The molecule has 0 spiro atoms. The van der Waals surface area contributed by atoms with E-state index in [1.165, 1.54) is 24.4 Å². The Morgan fingerprint density at radius 3 is 2.34 bits per heavy atom. The summed E-state index contributed by atoms with van der Waals surface area (Å²) < 4.78 is 4.73. The van der Waals surface area contributed by atoms with Gasteiger partial charge in [-0.3, -0.25) is 19.6 Å². The second-order valence-corrected chi connectivity index (χ2v) is 7.14. The molecule has 0 bridgehead atoms. The first-order chi connectivity index (χ1) is 15.5. The minimum atomic E-state index is -0.852. The van der Waals surface area contributed by atoms with Gasteiger partial charge in [0.15, 0.2) is 0 Å². The lowest BCUT2D eigenvalue weighted by atomic mass is 9.94. The van der Waals surface area contributed by atoms with Crippen molar-refractivity contribution in [1.82, 2.24) is 14.9 Å². The molecule has 4 rings (SSSR count). The molecule has 0 radical (unpaired) electrons. The molecule has 1 fully saturated rings. The number of benzene rings is 1. The second kappa shape index (κ2) is 8.81. The molecule has 8 nitrogen and oxygen atoms in total. The first-order valence-corrected chi connectivity index (χ1v) is 9.77. The van der Waals surface area contributed by atoms with Crippen molar-refractivity contribution in [1.29, 1.82) is 0 Å². The highest BCUT2D eigenvalue weighted by atomic mass is 16.5. The summed E-state index contributed by atoms with van der Waals surface area (Å²) in [5.74, 6) is -2.31. The first kappa shape index (κ1) is 20.9. The van der Waals surface area contributed by atoms with E-state index in [1.54, 1.807) is 60.9 Å². The Hall–Kier alpha value is -4.33. The average molecular weight is 429 g/mol. The summed E-state index contributed by atoms with van der Waals surface area (Å²) in [6.45, 7) is 0.120. The van der Waals surface area contributed by atoms with Gasteiger partial charge < -0.3 is 14.7 Å². The lowest BCUT2D eigenvalue weighted by molar-refractivity contribution is -0.140. The van der Waals surface area contributed by atoms with Gasteiger partial charge in [0.25, 0.3) is 11.7 Å². The van der Waals surface area contributed by atoms with Crippen molar-refractivity contribution >= 4 is 23.4 Å². The van der Waals surface area contributed by atoms with E-state index in [-0.39, 0.29) is 17.9 Å². The summed E-state index contributed by atoms with van der Waals surface area (Å²) in [5.41, 5.74) is 1.96. The molecule has 1 amide bonds. The number of rotatable bonds is 5. The van der Waals surface area contributed by atoms with Gasteiger partial charge >= 0.3 is 5.97 Å². The maximum absolute atomic E-state index is 13.0. The molecule has 3 aromatic rings. The van der Waals surface area contributed by atoms with Crippen LogP contribution in [0, 0.1) is 0 Å². The number of methoxy groups -OCH3 is 1. The Morgan fingerprint density at radius 1 is 1.00 bits per heavy atom. The number of nitrogens with zero attached hydrogens (tertiary/aromatic N) is 3. The topological polar surface area (TPSA) is 110 Å². The van der Waals surface area contributed by atoms with Crippen LogP contribution >= 0.6 is 0 Å². The number of amides is 1. The fourth-order valence-corrected chi connectivity index (χ4v) is 3.66. The Bertz CT molecular complexity index is 1190. The van der Waals surface area contributed by atoms with E-state index in [0.29, 0.717) is 16.7 Å². The van der Waals surface area contributed by atoms with Crippen LogP contribution in [0.15, 0.2) is 78.9 Å². The molecule has 1 saturated heterocycles. The van der Waals surface area contributed by atoms with Crippen molar-refractivity contribution in [2.45, 2.75) is 12.6 Å². The van der Waals surface area contributed by atoms with Gasteiger partial charge in [0.05, 0.1) is 24.3 Å². The number of ether oxygens (including phenoxy) is 1. The molecule has 1 aromatic carbocycles. The maximum atomic E-state index is 13.0. The molecule has 1 atom stereocenters. The van der Waals surface area contributed by atoms with Gasteiger partial charge in [-0.05, 0) is 41.5 Å². The number of aliphatic hydroxyl groups excluding tert-OH is 1. The molecule has 1 aliphatic rings. The number of carbonyl (C=O) groups excluding carboxylic acids is 3. The lowest BCUT2D eigenvalue weighted by Crippen LogP contribution is -2.29. The molecular formula is C24H19N3O5. The van der Waals surface area contributed by atoms with Crippen molar-refractivity contribution in [2.24, 2.45) is 0 Å². The molecule has 2 aromatic heterocycles. The third-order valence-electron chi connectivity index (χ3n) is 5.22. The van der Waals surface area contributed by atoms with Gasteiger partial charge in [0, 0.05) is 36.9 Å². The van der Waals surface area contributed by atoms with Crippen LogP contribution in [-0.4, -0.2) is 44.7 Å². The van der Waals surface area contributed by atoms with Crippen LogP contribution in [0.1, 0.15) is 33.1 Å². The molecule has 32 heavy (non-hydrogen) atoms. The number of carbonyl (C=O) groups is 3. The number of esters is 1. The molecule has 3 heterocycles. The van der Waals surface area contributed by atoms with Crippen LogP contribution in [0.2, 0.25) is 0 Å². The quantitative estimate of drug-likeness (QED) is 0.287.